The molecule has 0 aliphatic carbocycles. The molecule has 1 aromatic rings. The highest BCUT2D eigenvalue weighted by molar-refractivity contribution is 7.91. The molecule has 0 saturated heterocycles. The zero-order chi connectivity index (χ0) is 13.8. The summed E-state index contributed by atoms with van der Waals surface area (Å²) in [5, 5.41) is 8.73. The highest BCUT2D eigenvalue weighted by Crippen LogP contribution is 2.22. The fourth-order valence-electron chi connectivity index (χ4n) is 0.936. The number of hydrogen-bond donors (Lipinski definition) is 3. The number of amides is 1. The van der Waals surface area contributed by atoms with Crippen LogP contribution in [-0.2, 0) is 14.9 Å². The number of thiophene rings is 1. The minimum Gasteiger partial charge on any atom is -0.477 e. The molecule has 0 bridgehead atoms. The van der Waals surface area contributed by atoms with Crippen molar-refractivity contribution in [1.29, 1.82) is 0 Å². The van der Waals surface area contributed by atoms with Crippen LogP contribution < -0.4 is 9.44 Å². The molecule has 100 valence electrons. The van der Waals surface area contributed by atoms with E-state index in [0.29, 0.717) is 0 Å². The lowest BCUT2D eigenvalue weighted by Gasteiger charge is -2.06. The second-order valence-electron chi connectivity index (χ2n) is 2.90. The maximum absolute atomic E-state index is 11.4. The van der Waals surface area contributed by atoms with E-state index in [1.807, 2.05) is 4.72 Å². The summed E-state index contributed by atoms with van der Waals surface area (Å²) < 4.78 is 30.8. The third-order valence-electron chi connectivity index (χ3n) is 1.54. The summed E-state index contributed by atoms with van der Waals surface area (Å²) in [4.78, 5) is 21.5. The summed E-state index contributed by atoms with van der Waals surface area (Å²) in [6, 6.07) is 2.52. The molecule has 0 saturated carbocycles. The van der Waals surface area contributed by atoms with Crippen LogP contribution in [0.2, 0.25) is 0 Å². The summed E-state index contributed by atoms with van der Waals surface area (Å²) in [5.41, 5.74) is 0. The molecule has 1 amide bonds. The largest absolute Gasteiger partial charge is 0.477 e. The van der Waals surface area contributed by atoms with Crippen molar-refractivity contribution >= 4 is 38.6 Å². The number of hydrogen-bond acceptors (Lipinski definition) is 6. The number of anilines is 1. The van der Waals surface area contributed by atoms with Gasteiger partial charge < -0.3 is 9.84 Å². The van der Waals surface area contributed by atoms with Gasteiger partial charge in [0, 0.05) is 0 Å². The molecule has 3 N–H and O–H groups in total. The summed E-state index contributed by atoms with van der Waals surface area (Å²) >= 11 is 0.726. The van der Waals surface area contributed by atoms with Crippen LogP contribution in [0.25, 0.3) is 0 Å². The molecule has 1 rings (SSSR count). The van der Waals surface area contributed by atoms with Crippen LogP contribution >= 0.6 is 11.3 Å². The highest BCUT2D eigenvalue weighted by atomic mass is 32.2. The fourth-order valence-corrected chi connectivity index (χ4v) is 2.69. The molecule has 0 radical (unpaired) electrons. The van der Waals surface area contributed by atoms with Crippen LogP contribution in [0.1, 0.15) is 16.6 Å². The van der Waals surface area contributed by atoms with Gasteiger partial charge in [-0.1, -0.05) is 0 Å². The molecule has 10 heteroatoms. The van der Waals surface area contributed by atoms with Gasteiger partial charge in [0.1, 0.15) is 9.88 Å². The van der Waals surface area contributed by atoms with E-state index in [1.54, 1.807) is 4.72 Å². The first-order valence-corrected chi connectivity index (χ1v) is 6.94. The molecule has 8 nitrogen and oxygen atoms in total. The standard InChI is InChI=1S/C8H10N2O6S2/c1-2-16-8(13)10-18(14,15)9-6-4-3-5(17-6)7(11)12/h3-4,9H,2H2,1H3,(H,10,13)(H,11,12). The monoisotopic (exact) mass is 294 g/mol. The molecule has 0 aliphatic heterocycles. The predicted octanol–water partition coefficient (Wildman–Crippen LogP) is 0.849. The average Bonchev–Trinajstić information content (AvgIpc) is 2.64. The topological polar surface area (TPSA) is 122 Å². The Morgan fingerprint density at radius 1 is 1.44 bits per heavy atom. The zero-order valence-electron chi connectivity index (χ0n) is 9.17. The van der Waals surface area contributed by atoms with Crippen LogP contribution in [0.15, 0.2) is 12.1 Å². The van der Waals surface area contributed by atoms with Crippen molar-refractivity contribution in [2.75, 3.05) is 11.3 Å². The predicted molar refractivity (Wildman–Crippen MR) is 64.0 cm³/mol. The number of rotatable bonds is 5. The normalized spacial score (nSPS) is 10.7. The molecule has 0 aliphatic rings. The second-order valence-corrected chi connectivity index (χ2v) is 5.40. The van der Waals surface area contributed by atoms with Crippen molar-refractivity contribution in [1.82, 2.24) is 4.72 Å². The van der Waals surface area contributed by atoms with Gasteiger partial charge in [-0.25, -0.2) is 14.3 Å². The Morgan fingerprint density at radius 3 is 2.61 bits per heavy atom. The van der Waals surface area contributed by atoms with Gasteiger partial charge in [-0.2, -0.15) is 8.42 Å². The Labute approximate surface area is 107 Å². The Kier molecular flexibility index (Phi) is 4.50. The fraction of sp³-hybridized carbons (Fsp3) is 0.250. The smallest absolute Gasteiger partial charge is 0.422 e. The number of carboxylic acid groups (broad SMARTS) is 1. The molecule has 1 heterocycles. The minimum absolute atomic E-state index is 0.0242. The van der Waals surface area contributed by atoms with Crippen LogP contribution in [0.5, 0.6) is 0 Å². The van der Waals surface area contributed by atoms with Crippen molar-refractivity contribution in [2.24, 2.45) is 0 Å². The number of nitrogens with one attached hydrogen (secondary N) is 2. The van der Waals surface area contributed by atoms with Gasteiger partial charge in [-0.3, -0.25) is 4.72 Å². The third kappa shape index (κ3) is 4.22. The summed E-state index contributed by atoms with van der Waals surface area (Å²) in [5.74, 6) is -1.16. The summed E-state index contributed by atoms with van der Waals surface area (Å²) in [6.07, 6.45) is -1.11. The molecule has 1 aromatic heterocycles. The van der Waals surface area contributed by atoms with Crippen molar-refractivity contribution in [3.8, 4) is 0 Å². The van der Waals surface area contributed by atoms with E-state index in [9.17, 15) is 18.0 Å². The highest BCUT2D eigenvalue weighted by Gasteiger charge is 2.16. The van der Waals surface area contributed by atoms with Gasteiger partial charge in [0.15, 0.2) is 0 Å². The molecule has 0 aromatic carbocycles. The maximum atomic E-state index is 11.4. The maximum Gasteiger partial charge on any atom is 0.422 e. The van der Waals surface area contributed by atoms with E-state index < -0.39 is 22.3 Å². The van der Waals surface area contributed by atoms with E-state index >= 15 is 0 Å². The van der Waals surface area contributed by atoms with Gasteiger partial charge in [0.25, 0.3) is 0 Å². The Morgan fingerprint density at radius 2 is 2.11 bits per heavy atom. The Hall–Kier alpha value is -1.81. The van der Waals surface area contributed by atoms with Gasteiger partial charge >= 0.3 is 22.3 Å². The first kappa shape index (κ1) is 14.3. The molecule has 0 spiro atoms. The van der Waals surface area contributed by atoms with Gasteiger partial charge in [0.2, 0.25) is 0 Å². The molecular formula is C8H10N2O6S2. The minimum atomic E-state index is -4.13. The van der Waals surface area contributed by atoms with E-state index in [4.69, 9.17) is 5.11 Å². The van der Waals surface area contributed by atoms with Crippen molar-refractivity contribution in [3.05, 3.63) is 17.0 Å². The van der Waals surface area contributed by atoms with Crippen LogP contribution in [0, 0.1) is 0 Å². The van der Waals surface area contributed by atoms with Crippen LogP contribution in [0.3, 0.4) is 0 Å². The second kappa shape index (κ2) is 5.69. The van der Waals surface area contributed by atoms with Gasteiger partial charge in [0.05, 0.1) is 6.61 Å². The Bertz CT molecular complexity index is 550. The van der Waals surface area contributed by atoms with Crippen molar-refractivity contribution < 1.29 is 27.9 Å². The first-order chi connectivity index (χ1) is 8.34. The van der Waals surface area contributed by atoms with Crippen LogP contribution in [-0.4, -0.2) is 32.2 Å². The first-order valence-electron chi connectivity index (χ1n) is 4.64. The van der Waals surface area contributed by atoms with Crippen LogP contribution in [0.4, 0.5) is 9.80 Å². The lowest BCUT2D eigenvalue weighted by molar-refractivity contribution is 0.0702. The van der Waals surface area contributed by atoms with E-state index in [2.05, 4.69) is 4.74 Å². The summed E-state index contributed by atoms with van der Waals surface area (Å²) in [6.45, 7) is 1.56. The quantitative estimate of drug-likeness (QED) is 0.740. The Balaban J connectivity index is 2.70. The average molecular weight is 294 g/mol. The number of aromatic carboxylic acids is 1. The molecule has 18 heavy (non-hydrogen) atoms. The lowest BCUT2D eigenvalue weighted by Crippen LogP contribution is -2.35. The number of ether oxygens (including phenoxy) is 1. The number of carbonyl (C=O) groups excluding carboxylic acids is 1. The lowest BCUT2D eigenvalue weighted by atomic mass is 10.5. The third-order valence-corrected chi connectivity index (χ3v) is 3.59. The molecule has 0 atom stereocenters. The molecule has 0 fully saturated rings. The van der Waals surface area contributed by atoms with Crippen molar-refractivity contribution in [2.45, 2.75) is 6.92 Å². The molecular weight excluding hydrogens is 284 g/mol. The van der Waals surface area contributed by atoms with E-state index in [-0.39, 0.29) is 16.5 Å². The van der Waals surface area contributed by atoms with Gasteiger partial charge in [-0.05, 0) is 19.1 Å². The van der Waals surface area contributed by atoms with Gasteiger partial charge in [-0.15, -0.1) is 11.3 Å². The zero-order valence-corrected chi connectivity index (χ0v) is 10.8. The van der Waals surface area contributed by atoms with E-state index in [0.717, 1.165) is 11.3 Å². The van der Waals surface area contributed by atoms with Crippen molar-refractivity contribution in [3.63, 3.8) is 0 Å². The SMILES string of the molecule is CCOC(=O)NS(=O)(=O)Nc1ccc(C(=O)O)s1. The molecule has 0 unspecified atom stereocenters. The number of carboxylic acids is 1. The summed E-state index contributed by atoms with van der Waals surface area (Å²) in [7, 11) is -4.13. The van der Waals surface area contributed by atoms with E-state index in [1.165, 1.54) is 19.1 Å². The number of carbonyl (C=O) groups is 2.